The molecule has 1 aromatic carbocycles. The molecule has 0 bridgehead atoms. The molecule has 106 valence electrons. The van der Waals surface area contributed by atoms with E-state index in [0.717, 1.165) is 5.56 Å². The summed E-state index contributed by atoms with van der Waals surface area (Å²) in [4.78, 5) is 22.8. The molecule has 1 aromatic rings. The Hall–Kier alpha value is -1.59. The number of benzene rings is 1. The van der Waals surface area contributed by atoms with Crippen molar-refractivity contribution < 1.29 is 9.59 Å². The molecule has 0 aliphatic rings. The number of rotatable bonds is 5. The molecule has 0 saturated heterocycles. The monoisotopic (exact) mass is 285 g/mol. The summed E-state index contributed by atoms with van der Waals surface area (Å²) in [5.41, 5.74) is 10.9. The summed E-state index contributed by atoms with van der Waals surface area (Å²) in [6.45, 7) is 3.11. The Morgan fingerprint density at radius 1 is 1.26 bits per heavy atom. The second-order valence-electron chi connectivity index (χ2n) is 4.76. The maximum atomic E-state index is 11.7. The van der Waals surface area contributed by atoms with E-state index in [9.17, 15) is 9.59 Å². The standard InChI is InChI=1S/C13H19N3O2.ClH/c1-13(2,12(15)18)16-11(17)8-10(14)9-6-4-3-5-7-9;/h3-7,10H,8,14H2,1-2H3,(H2,15,18)(H,16,17);1H. The molecule has 1 atom stereocenters. The minimum absolute atomic E-state index is 0. The minimum Gasteiger partial charge on any atom is -0.368 e. The van der Waals surface area contributed by atoms with Crippen LogP contribution in [-0.4, -0.2) is 17.4 Å². The fourth-order valence-electron chi connectivity index (χ4n) is 1.48. The Morgan fingerprint density at radius 3 is 2.26 bits per heavy atom. The Kier molecular flexibility index (Phi) is 6.52. The quantitative estimate of drug-likeness (QED) is 0.749. The van der Waals surface area contributed by atoms with Crippen LogP contribution in [0.2, 0.25) is 0 Å². The third-order valence-corrected chi connectivity index (χ3v) is 2.70. The molecule has 0 aliphatic carbocycles. The summed E-state index contributed by atoms with van der Waals surface area (Å²) in [5.74, 6) is -0.876. The number of primary amides is 1. The highest BCUT2D eigenvalue weighted by Gasteiger charge is 2.27. The number of halogens is 1. The number of hydrogen-bond donors (Lipinski definition) is 3. The SMILES string of the molecule is CC(C)(NC(=O)CC(N)c1ccccc1)C(N)=O.Cl. The zero-order valence-electron chi connectivity index (χ0n) is 11.1. The molecule has 0 aromatic heterocycles. The zero-order chi connectivity index (χ0) is 13.8. The molecule has 0 aliphatic heterocycles. The van der Waals surface area contributed by atoms with Gasteiger partial charge in [-0.05, 0) is 19.4 Å². The van der Waals surface area contributed by atoms with Crippen molar-refractivity contribution in [3.63, 3.8) is 0 Å². The maximum absolute atomic E-state index is 11.7. The highest BCUT2D eigenvalue weighted by molar-refractivity contribution is 5.89. The van der Waals surface area contributed by atoms with Crippen molar-refractivity contribution in [2.45, 2.75) is 31.8 Å². The molecule has 5 N–H and O–H groups in total. The van der Waals surface area contributed by atoms with Gasteiger partial charge in [0.2, 0.25) is 11.8 Å². The van der Waals surface area contributed by atoms with Gasteiger partial charge in [-0.1, -0.05) is 30.3 Å². The van der Waals surface area contributed by atoms with Crippen molar-refractivity contribution in [3.05, 3.63) is 35.9 Å². The number of carbonyl (C=O) groups is 2. The number of carbonyl (C=O) groups excluding carboxylic acids is 2. The van der Waals surface area contributed by atoms with Crippen LogP contribution < -0.4 is 16.8 Å². The topological polar surface area (TPSA) is 98.2 Å². The Morgan fingerprint density at radius 2 is 1.79 bits per heavy atom. The van der Waals surface area contributed by atoms with Crippen LogP contribution in [0.1, 0.15) is 31.9 Å². The molecule has 0 heterocycles. The summed E-state index contributed by atoms with van der Waals surface area (Å²) < 4.78 is 0. The largest absolute Gasteiger partial charge is 0.368 e. The van der Waals surface area contributed by atoms with Crippen LogP contribution in [0.4, 0.5) is 0 Å². The summed E-state index contributed by atoms with van der Waals surface area (Å²) in [6.07, 6.45) is 0.112. The van der Waals surface area contributed by atoms with E-state index in [1.54, 1.807) is 13.8 Å². The van der Waals surface area contributed by atoms with Gasteiger partial charge in [-0.3, -0.25) is 9.59 Å². The van der Waals surface area contributed by atoms with Crippen molar-refractivity contribution in [1.29, 1.82) is 0 Å². The molecular formula is C13H20ClN3O2. The van der Waals surface area contributed by atoms with Gasteiger partial charge in [0.15, 0.2) is 0 Å². The van der Waals surface area contributed by atoms with E-state index < -0.39 is 17.5 Å². The molecule has 0 fully saturated rings. The van der Waals surface area contributed by atoms with Gasteiger partial charge < -0.3 is 16.8 Å². The zero-order valence-corrected chi connectivity index (χ0v) is 11.9. The van der Waals surface area contributed by atoms with Crippen LogP contribution in [0.5, 0.6) is 0 Å². The molecule has 0 radical (unpaired) electrons. The van der Waals surface area contributed by atoms with Gasteiger partial charge in [0, 0.05) is 12.5 Å². The lowest BCUT2D eigenvalue weighted by atomic mass is 10.0. The lowest BCUT2D eigenvalue weighted by molar-refractivity contribution is -0.130. The van der Waals surface area contributed by atoms with Gasteiger partial charge in [0.1, 0.15) is 5.54 Å². The highest BCUT2D eigenvalue weighted by Crippen LogP contribution is 2.13. The number of amides is 2. The first-order valence-corrected chi connectivity index (χ1v) is 5.74. The predicted octanol–water partition coefficient (Wildman–Crippen LogP) is 0.878. The first-order valence-electron chi connectivity index (χ1n) is 5.74. The van der Waals surface area contributed by atoms with Crippen molar-refractivity contribution in [1.82, 2.24) is 5.32 Å². The maximum Gasteiger partial charge on any atom is 0.242 e. The number of nitrogens with two attached hydrogens (primary N) is 2. The molecular weight excluding hydrogens is 266 g/mol. The van der Waals surface area contributed by atoms with Gasteiger partial charge in [0.25, 0.3) is 0 Å². The summed E-state index contributed by atoms with van der Waals surface area (Å²) in [5, 5.41) is 2.56. The molecule has 1 unspecified atom stereocenters. The van der Waals surface area contributed by atoms with Crippen LogP contribution in [0, 0.1) is 0 Å². The van der Waals surface area contributed by atoms with Gasteiger partial charge in [-0.2, -0.15) is 0 Å². The normalized spacial score (nSPS) is 12.2. The predicted molar refractivity (Wildman–Crippen MR) is 76.7 cm³/mol. The Balaban J connectivity index is 0.00000324. The second-order valence-corrected chi connectivity index (χ2v) is 4.76. The van der Waals surface area contributed by atoms with Gasteiger partial charge >= 0.3 is 0 Å². The lowest BCUT2D eigenvalue weighted by Gasteiger charge is -2.23. The summed E-state index contributed by atoms with van der Waals surface area (Å²) >= 11 is 0. The summed E-state index contributed by atoms with van der Waals surface area (Å²) in [6, 6.07) is 8.93. The van der Waals surface area contributed by atoms with Gasteiger partial charge in [0.05, 0.1) is 0 Å². The first-order chi connectivity index (χ1) is 8.33. The van der Waals surface area contributed by atoms with Gasteiger partial charge in [-0.15, -0.1) is 12.4 Å². The smallest absolute Gasteiger partial charge is 0.242 e. The average molecular weight is 286 g/mol. The molecule has 6 heteroatoms. The molecule has 1 rings (SSSR count). The minimum atomic E-state index is -1.06. The van der Waals surface area contributed by atoms with Crippen LogP contribution in [0.3, 0.4) is 0 Å². The fourth-order valence-corrected chi connectivity index (χ4v) is 1.48. The van der Waals surface area contributed by atoms with E-state index in [1.807, 2.05) is 30.3 Å². The van der Waals surface area contributed by atoms with E-state index in [1.165, 1.54) is 0 Å². The third-order valence-electron chi connectivity index (χ3n) is 2.70. The van der Waals surface area contributed by atoms with E-state index in [0.29, 0.717) is 0 Å². The molecule has 5 nitrogen and oxygen atoms in total. The van der Waals surface area contributed by atoms with Gasteiger partial charge in [-0.25, -0.2) is 0 Å². The second kappa shape index (κ2) is 7.11. The van der Waals surface area contributed by atoms with E-state index in [4.69, 9.17) is 11.5 Å². The molecule has 19 heavy (non-hydrogen) atoms. The molecule has 0 saturated carbocycles. The van der Waals surface area contributed by atoms with Crippen LogP contribution in [0.15, 0.2) is 30.3 Å². The first kappa shape index (κ1) is 17.4. The van der Waals surface area contributed by atoms with Crippen LogP contribution in [-0.2, 0) is 9.59 Å². The Bertz CT molecular complexity index is 435. The van der Waals surface area contributed by atoms with Crippen molar-refractivity contribution in [2.24, 2.45) is 11.5 Å². The fraction of sp³-hybridized carbons (Fsp3) is 0.385. The van der Waals surface area contributed by atoms with Crippen LogP contribution >= 0.6 is 12.4 Å². The lowest BCUT2D eigenvalue weighted by Crippen LogP contribution is -2.53. The van der Waals surface area contributed by atoms with Crippen LogP contribution in [0.25, 0.3) is 0 Å². The van der Waals surface area contributed by atoms with E-state index >= 15 is 0 Å². The van der Waals surface area contributed by atoms with Crippen molar-refractivity contribution in [2.75, 3.05) is 0 Å². The number of nitrogens with one attached hydrogen (secondary N) is 1. The van der Waals surface area contributed by atoms with Crippen molar-refractivity contribution >= 4 is 24.2 Å². The third kappa shape index (κ3) is 5.28. The molecule has 2 amide bonds. The number of hydrogen-bond acceptors (Lipinski definition) is 3. The van der Waals surface area contributed by atoms with E-state index in [2.05, 4.69) is 5.32 Å². The summed E-state index contributed by atoms with van der Waals surface area (Å²) in [7, 11) is 0. The van der Waals surface area contributed by atoms with E-state index in [-0.39, 0.29) is 24.7 Å². The van der Waals surface area contributed by atoms with Crippen molar-refractivity contribution in [3.8, 4) is 0 Å². The molecule has 0 spiro atoms. The average Bonchev–Trinajstić information content (AvgIpc) is 2.29. The highest BCUT2D eigenvalue weighted by atomic mass is 35.5. The Labute approximate surface area is 119 Å².